The van der Waals surface area contributed by atoms with Crippen LogP contribution in [-0.4, -0.2) is 35.0 Å². The van der Waals surface area contributed by atoms with Crippen molar-refractivity contribution in [2.75, 3.05) is 23.8 Å². The molecular formula is C23H24N4O3S. The molecule has 160 valence electrons. The fraction of sp³-hybridized carbons (Fsp3) is 0.261. The van der Waals surface area contributed by atoms with E-state index < -0.39 is 6.09 Å². The SMILES string of the molecule is CCOC(=O)Nc1cccc(C(=O)Nc2nc3c(s2)CN(Cc2ccccc2)CC3)c1. The minimum atomic E-state index is -0.548. The summed E-state index contributed by atoms with van der Waals surface area (Å²) in [5.41, 5.74) is 3.29. The zero-order valence-corrected chi connectivity index (χ0v) is 18.1. The van der Waals surface area contributed by atoms with Crippen molar-refractivity contribution < 1.29 is 14.3 Å². The molecule has 0 unspecified atom stereocenters. The Morgan fingerprint density at radius 2 is 1.97 bits per heavy atom. The number of nitrogens with one attached hydrogen (secondary N) is 2. The van der Waals surface area contributed by atoms with Crippen LogP contribution in [0.3, 0.4) is 0 Å². The number of hydrogen-bond donors (Lipinski definition) is 2. The summed E-state index contributed by atoms with van der Waals surface area (Å²) in [6.45, 7) is 4.69. The van der Waals surface area contributed by atoms with Gasteiger partial charge in [-0.05, 0) is 30.7 Å². The maximum Gasteiger partial charge on any atom is 0.411 e. The molecule has 0 bridgehead atoms. The van der Waals surface area contributed by atoms with Crippen molar-refractivity contribution in [3.05, 3.63) is 76.3 Å². The fourth-order valence-corrected chi connectivity index (χ4v) is 4.52. The van der Waals surface area contributed by atoms with E-state index in [0.29, 0.717) is 16.4 Å². The number of nitrogens with zero attached hydrogens (tertiary/aromatic N) is 2. The van der Waals surface area contributed by atoms with Gasteiger partial charge in [0.05, 0.1) is 12.3 Å². The number of benzene rings is 2. The number of carbonyl (C=O) groups excluding carboxylic acids is 2. The van der Waals surface area contributed by atoms with Crippen molar-refractivity contribution in [2.24, 2.45) is 0 Å². The van der Waals surface area contributed by atoms with Crippen molar-refractivity contribution in [2.45, 2.75) is 26.4 Å². The van der Waals surface area contributed by atoms with E-state index in [2.05, 4.69) is 44.8 Å². The van der Waals surface area contributed by atoms with Gasteiger partial charge in [-0.3, -0.25) is 20.3 Å². The predicted octanol–water partition coefficient (Wildman–Crippen LogP) is 4.52. The molecule has 0 radical (unpaired) electrons. The maximum atomic E-state index is 12.7. The molecule has 2 N–H and O–H groups in total. The lowest BCUT2D eigenvalue weighted by Gasteiger charge is -2.25. The number of fused-ring (bicyclic) bond motifs is 1. The predicted molar refractivity (Wildman–Crippen MR) is 121 cm³/mol. The van der Waals surface area contributed by atoms with E-state index in [1.807, 2.05) is 6.07 Å². The molecule has 0 spiro atoms. The Bertz CT molecular complexity index is 1070. The quantitative estimate of drug-likeness (QED) is 0.594. The summed E-state index contributed by atoms with van der Waals surface area (Å²) in [5, 5.41) is 6.10. The van der Waals surface area contributed by atoms with Gasteiger partial charge in [0.25, 0.3) is 5.91 Å². The highest BCUT2D eigenvalue weighted by Gasteiger charge is 2.21. The van der Waals surface area contributed by atoms with Crippen LogP contribution in [0.1, 0.15) is 33.4 Å². The number of anilines is 2. The van der Waals surface area contributed by atoms with Crippen molar-refractivity contribution in [1.29, 1.82) is 0 Å². The number of carbonyl (C=O) groups is 2. The molecule has 3 aromatic rings. The Hall–Kier alpha value is -3.23. The third kappa shape index (κ3) is 5.48. The van der Waals surface area contributed by atoms with Gasteiger partial charge in [0.1, 0.15) is 0 Å². The van der Waals surface area contributed by atoms with Crippen LogP contribution < -0.4 is 10.6 Å². The summed E-state index contributed by atoms with van der Waals surface area (Å²) in [4.78, 5) is 32.5. The zero-order valence-electron chi connectivity index (χ0n) is 17.3. The van der Waals surface area contributed by atoms with Gasteiger partial charge >= 0.3 is 6.09 Å². The Morgan fingerprint density at radius 3 is 2.77 bits per heavy atom. The van der Waals surface area contributed by atoms with Gasteiger partial charge in [-0.15, -0.1) is 11.3 Å². The molecule has 4 rings (SSSR count). The van der Waals surface area contributed by atoms with Gasteiger partial charge in [-0.1, -0.05) is 36.4 Å². The molecule has 0 saturated heterocycles. The third-order valence-corrected chi connectivity index (χ3v) is 5.92. The van der Waals surface area contributed by atoms with Gasteiger partial charge in [0, 0.05) is 42.2 Å². The second kappa shape index (κ2) is 9.72. The molecule has 1 aromatic heterocycles. The van der Waals surface area contributed by atoms with E-state index in [9.17, 15) is 9.59 Å². The lowest BCUT2D eigenvalue weighted by Crippen LogP contribution is -2.29. The molecule has 1 aliphatic heterocycles. The van der Waals surface area contributed by atoms with Crippen LogP contribution in [0, 0.1) is 0 Å². The molecule has 7 nitrogen and oxygen atoms in total. The van der Waals surface area contributed by atoms with E-state index in [1.54, 1.807) is 31.2 Å². The largest absolute Gasteiger partial charge is 0.450 e. The Labute approximate surface area is 185 Å². The highest BCUT2D eigenvalue weighted by atomic mass is 32.1. The average Bonchev–Trinajstić information content (AvgIpc) is 3.16. The molecule has 0 aliphatic carbocycles. The number of hydrogen-bond acceptors (Lipinski definition) is 6. The van der Waals surface area contributed by atoms with E-state index in [0.717, 1.165) is 31.7 Å². The van der Waals surface area contributed by atoms with Gasteiger partial charge < -0.3 is 4.74 Å². The van der Waals surface area contributed by atoms with Gasteiger partial charge in [-0.2, -0.15) is 0 Å². The highest BCUT2D eigenvalue weighted by molar-refractivity contribution is 7.15. The van der Waals surface area contributed by atoms with Crippen molar-refractivity contribution in [3.8, 4) is 0 Å². The summed E-state index contributed by atoms with van der Waals surface area (Å²) < 4.78 is 4.87. The van der Waals surface area contributed by atoms with E-state index in [-0.39, 0.29) is 12.5 Å². The van der Waals surface area contributed by atoms with Crippen LogP contribution in [0.5, 0.6) is 0 Å². The molecule has 2 heterocycles. The molecule has 2 amide bonds. The topological polar surface area (TPSA) is 83.6 Å². The summed E-state index contributed by atoms with van der Waals surface area (Å²) in [6, 6.07) is 17.1. The van der Waals surface area contributed by atoms with Gasteiger partial charge in [-0.25, -0.2) is 9.78 Å². The van der Waals surface area contributed by atoms with E-state index in [4.69, 9.17) is 4.74 Å². The van der Waals surface area contributed by atoms with Gasteiger partial charge in [0.2, 0.25) is 0 Å². The second-order valence-corrected chi connectivity index (χ2v) is 8.30. The number of thiazole rings is 1. The highest BCUT2D eigenvalue weighted by Crippen LogP contribution is 2.29. The Balaban J connectivity index is 1.39. The van der Waals surface area contributed by atoms with Gasteiger partial charge in [0.15, 0.2) is 5.13 Å². The number of rotatable bonds is 6. The lowest BCUT2D eigenvalue weighted by molar-refractivity contribution is 0.102. The second-order valence-electron chi connectivity index (χ2n) is 7.22. The molecule has 31 heavy (non-hydrogen) atoms. The van der Waals surface area contributed by atoms with Crippen LogP contribution in [0.15, 0.2) is 54.6 Å². The van der Waals surface area contributed by atoms with Crippen LogP contribution >= 0.6 is 11.3 Å². The smallest absolute Gasteiger partial charge is 0.411 e. The molecule has 1 aliphatic rings. The first-order chi connectivity index (χ1) is 15.1. The van der Waals surface area contributed by atoms with Crippen LogP contribution in [0.25, 0.3) is 0 Å². The molecule has 0 fully saturated rings. The monoisotopic (exact) mass is 436 g/mol. The van der Waals surface area contributed by atoms with E-state index >= 15 is 0 Å². The van der Waals surface area contributed by atoms with Crippen LogP contribution in [0.4, 0.5) is 15.6 Å². The molecule has 0 atom stereocenters. The van der Waals surface area contributed by atoms with Crippen LogP contribution in [0.2, 0.25) is 0 Å². The number of aromatic nitrogens is 1. The Morgan fingerprint density at radius 1 is 1.13 bits per heavy atom. The minimum Gasteiger partial charge on any atom is -0.450 e. The molecule has 2 aromatic carbocycles. The normalized spacial score (nSPS) is 13.3. The standard InChI is InChI=1S/C23H24N4O3S/c1-2-30-23(29)24-18-10-6-9-17(13-18)21(28)26-22-25-19-11-12-27(15-20(19)31-22)14-16-7-4-3-5-8-16/h3-10,13H,2,11-12,14-15H2,1H3,(H,24,29)(H,25,26,28). The first-order valence-electron chi connectivity index (χ1n) is 10.2. The number of ether oxygens (including phenoxy) is 1. The van der Waals surface area contributed by atoms with Crippen molar-refractivity contribution in [1.82, 2.24) is 9.88 Å². The molecule has 8 heteroatoms. The minimum absolute atomic E-state index is 0.264. The van der Waals surface area contributed by atoms with E-state index in [1.165, 1.54) is 21.8 Å². The summed E-state index contributed by atoms with van der Waals surface area (Å²) in [5.74, 6) is -0.264. The third-order valence-electron chi connectivity index (χ3n) is 4.93. The average molecular weight is 437 g/mol. The number of amides is 2. The van der Waals surface area contributed by atoms with Crippen LogP contribution in [-0.2, 0) is 24.2 Å². The summed E-state index contributed by atoms with van der Waals surface area (Å²) in [6.07, 6.45) is 0.320. The maximum absolute atomic E-state index is 12.7. The first kappa shape index (κ1) is 21.0. The first-order valence-corrected chi connectivity index (χ1v) is 11.0. The van der Waals surface area contributed by atoms with Crippen molar-refractivity contribution >= 4 is 34.2 Å². The zero-order chi connectivity index (χ0) is 21.6. The fourth-order valence-electron chi connectivity index (χ4n) is 3.47. The Kier molecular flexibility index (Phi) is 6.59. The summed E-state index contributed by atoms with van der Waals surface area (Å²) >= 11 is 1.52. The molecule has 0 saturated carbocycles. The summed E-state index contributed by atoms with van der Waals surface area (Å²) in [7, 11) is 0. The van der Waals surface area contributed by atoms with Crippen molar-refractivity contribution in [3.63, 3.8) is 0 Å². The molecular weight excluding hydrogens is 412 g/mol. The lowest BCUT2D eigenvalue weighted by atomic mass is 10.1.